The number of benzene rings is 2. The number of hydrogen-bond acceptors (Lipinski definition) is 4. The lowest BCUT2D eigenvalue weighted by molar-refractivity contribution is 0.617. The van der Waals surface area contributed by atoms with E-state index in [1.54, 1.807) is 33.5 Å². The molecule has 2 aromatic carbocycles. The summed E-state index contributed by atoms with van der Waals surface area (Å²) in [4.78, 5) is 12.9. The summed E-state index contributed by atoms with van der Waals surface area (Å²) < 4.78 is 17.1. The molecule has 2 heterocycles. The summed E-state index contributed by atoms with van der Waals surface area (Å²) in [6.07, 6.45) is 3.42. The Morgan fingerprint density at radius 3 is 2.57 bits per heavy atom. The van der Waals surface area contributed by atoms with Gasteiger partial charge in [-0.2, -0.15) is 0 Å². The van der Waals surface area contributed by atoms with Crippen molar-refractivity contribution in [2.75, 3.05) is 0 Å². The molecule has 0 radical (unpaired) electrons. The summed E-state index contributed by atoms with van der Waals surface area (Å²) >= 11 is 7.35. The first-order chi connectivity index (χ1) is 13.4. The van der Waals surface area contributed by atoms with Gasteiger partial charge in [0.15, 0.2) is 5.16 Å². The van der Waals surface area contributed by atoms with Gasteiger partial charge < -0.3 is 0 Å². The van der Waals surface area contributed by atoms with E-state index in [-0.39, 0.29) is 22.8 Å². The summed E-state index contributed by atoms with van der Waals surface area (Å²) in [6, 6.07) is 10.5. The summed E-state index contributed by atoms with van der Waals surface area (Å²) in [7, 11) is 0. The predicted octanol–water partition coefficient (Wildman–Crippen LogP) is 4.58. The van der Waals surface area contributed by atoms with Gasteiger partial charge in [0.1, 0.15) is 5.82 Å². The molecule has 0 saturated carbocycles. The minimum Gasteiger partial charge on any atom is -0.280 e. The third kappa shape index (κ3) is 3.43. The number of aryl methyl sites for hydroxylation is 2. The topological polar surface area (TPSA) is 52.2 Å². The number of hydrogen-bond donors (Lipinski definition) is 0. The van der Waals surface area contributed by atoms with Crippen molar-refractivity contribution in [3.63, 3.8) is 0 Å². The Hall–Kier alpha value is -2.64. The van der Waals surface area contributed by atoms with E-state index in [1.807, 2.05) is 32.0 Å². The number of thioether (sulfide) groups is 1. The first-order valence-corrected chi connectivity index (χ1v) is 9.91. The Kier molecular flexibility index (Phi) is 4.95. The average Bonchev–Trinajstić information content (AvgIpc) is 3.05. The number of rotatable bonds is 4. The van der Waals surface area contributed by atoms with Crippen molar-refractivity contribution in [3.05, 3.63) is 86.7 Å². The smallest absolute Gasteiger partial charge is 0.280 e. The third-order valence-electron chi connectivity index (χ3n) is 4.33. The van der Waals surface area contributed by atoms with E-state index in [2.05, 4.69) is 10.2 Å². The normalized spacial score (nSPS) is 11.3. The fourth-order valence-corrected chi connectivity index (χ4v) is 4.33. The lowest BCUT2D eigenvalue weighted by atomic mass is 10.1. The van der Waals surface area contributed by atoms with E-state index in [1.165, 1.54) is 17.8 Å². The van der Waals surface area contributed by atoms with E-state index in [4.69, 9.17) is 11.6 Å². The van der Waals surface area contributed by atoms with Crippen molar-refractivity contribution in [2.24, 2.45) is 0 Å². The summed E-state index contributed by atoms with van der Waals surface area (Å²) in [5.74, 6) is -0.0853. The molecule has 0 fully saturated rings. The van der Waals surface area contributed by atoms with Crippen molar-refractivity contribution < 1.29 is 4.39 Å². The Morgan fingerprint density at radius 2 is 1.86 bits per heavy atom. The van der Waals surface area contributed by atoms with E-state index >= 15 is 0 Å². The van der Waals surface area contributed by atoms with Gasteiger partial charge >= 0.3 is 5.56 Å². The van der Waals surface area contributed by atoms with E-state index in [0.717, 1.165) is 16.8 Å². The molecule has 0 unspecified atom stereocenters. The number of fused-ring (bicyclic) bond motifs is 1. The van der Waals surface area contributed by atoms with Crippen LogP contribution in [-0.2, 0) is 5.75 Å². The highest BCUT2D eigenvalue weighted by Gasteiger charge is 2.14. The van der Waals surface area contributed by atoms with Crippen LogP contribution >= 0.6 is 23.4 Å². The molecule has 0 saturated heterocycles. The molecule has 0 aliphatic carbocycles. The molecule has 0 bridgehead atoms. The molecule has 28 heavy (non-hydrogen) atoms. The van der Waals surface area contributed by atoms with Gasteiger partial charge in [-0.15, -0.1) is 10.2 Å². The fraction of sp³-hybridized carbons (Fsp3) is 0.150. The summed E-state index contributed by atoms with van der Waals surface area (Å²) in [6.45, 7) is 3.97. The van der Waals surface area contributed by atoms with Crippen molar-refractivity contribution in [1.82, 2.24) is 19.2 Å². The maximum Gasteiger partial charge on any atom is 0.300 e. The van der Waals surface area contributed by atoms with Crippen LogP contribution in [0.4, 0.5) is 4.39 Å². The van der Waals surface area contributed by atoms with Crippen LogP contribution in [0, 0.1) is 19.7 Å². The maximum atomic E-state index is 14.0. The van der Waals surface area contributed by atoms with Crippen molar-refractivity contribution in [1.29, 1.82) is 0 Å². The molecule has 0 atom stereocenters. The van der Waals surface area contributed by atoms with Gasteiger partial charge in [-0.3, -0.25) is 13.8 Å². The lowest BCUT2D eigenvalue weighted by Gasteiger charge is -2.09. The largest absolute Gasteiger partial charge is 0.300 e. The van der Waals surface area contributed by atoms with E-state index < -0.39 is 0 Å². The summed E-state index contributed by atoms with van der Waals surface area (Å²) in [5.41, 5.74) is 3.26. The van der Waals surface area contributed by atoms with Crippen LogP contribution in [0.5, 0.6) is 0 Å². The molecular formula is C20H16ClFN4OS. The van der Waals surface area contributed by atoms with Crippen LogP contribution < -0.4 is 5.56 Å². The summed E-state index contributed by atoms with van der Waals surface area (Å²) in [5, 5.41) is 8.99. The van der Waals surface area contributed by atoms with Crippen LogP contribution in [0.1, 0.15) is 16.7 Å². The minimum atomic E-state index is -0.369. The second-order valence-corrected chi connectivity index (χ2v) is 7.83. The standard InChI is InChI=1S/C20H16ClFN4OS/c1-12-8-13(2)10-14(9-12)25-6-7-26-18(19(25)27)23-24-20(26)28-11-15-16(21)4-3-5-17(15)22/h3-10H,11H2,1-2H3. The molecule has 0 spiro atoms. The fourth-order valence-electron chi connectivity index (χ4n) is 3.06. The highest BCUT2D eigenvalue weighted by molar-refractivity contribution is 7.98. The molecule has 4 rings (SSSR count). The molecule has 0 amide bonds. The highest BCUT2D eigenvalue weighted by atomic mass is 35.5. The Morgan fingerprint density at radius 1 is 1.11 bits per heavy atom. The molecule has 142 valence electrons. The van der Waals surface area contributed by atoms with E-state index in [9.17, 15) is 9.18 Å². The van der Waals surface area contributed by atoms with Crippen LogP contribution in [0.25, 0.3) is 11.3 Å². The quantitative estimate of drug-likeness (QED) is 0.458. The Labute approximate surface area is 169 Å². The number of nitrogens with zero attached hydrogens (tertiary/aromatic N) is 4. The molecule has 4 aromatic rings. The van der Waals surface area contributed by atoms with Gasteiger partial charge in [-0.05, 0) is 49.2 Å². The van der Waals surface area contributed by atoms with Crippen LogP contribution in [-0.4, -0.2) is 19.2 Å². The van der Waals surface area contributed by atoms with Gasteiger partial charge in [0.05, 0.1) is 0 Å². The molecular weight excluding hydrogens is 399 g/mol. The molecule has 0 N–H and O–H groups in total. The maximum absolute atomic E-state index is 14.0. The van der Waals surface area contributed by atoms with Gasteiger partial charge in [0.25, 0.3) is 0 Å². The highest BCUT2D eigenvalue weighted by Crippen LogP contribution is 2.27. The second-order valence-electron chi connectivity index (χ2n) is 6.48. The van der Waals surface area contributed by atoms with Crippen LogP contribution in [0.15, 0.2) is 58.7 Å². The zero-order valence-electron chi connectivity index (χ0n) is 15.2. The number of halogens is 2. The molecule has 5 nitrogen and oxygen atoms in total. The molecule has 2 aromatic heterocycles. The molecule has 0 aliphatic rings. The van der Waals surface area contributed by atoms with Crippen molar-refractivity contribution in [3.8, 4) is 5.69 Å². The van der Waals surface area contributed by atoms with Gasteiger partial charge in [-0.25, -0.2) is 4.39 Å². The molecule has 0 aliphatic heterocycles. The zero-order valence-corrected chi connectivity index (χ0v) is 16.8. The van der Waals surface area contributed by atoms with Gasteiger partial charge in [0, 0.05) is 34.4 Å². The number of aromatic nitrogens is 4. The Bertz CT molecular complexity index is 1210. The van der Waals surface area contributed by atoms with Gasteiger partial charge in [0.2, 0.25) is 5.65 Å². The average molecular weight is 415 g/mol. The Balaban J connectivity index is 1.70. The van der Waals surface area contributed by atoms with Crippen LogP contribution in [0.2, 0.25) is 5.02 Å². The van der Waals surface area contributed by atoms with Crippen molar-refractivity contribution >= 4 is 29.0 Å². The minimum absolute atomic E-state index is 0.212. The SMILES string of the molecule is Cc1cc(C)cc(-n2ccn3c(SCc4c(F)cccc4Cl)nnc3c2=O)c1. The van der Waals surface area contributed by atoms with Crippen LogP contribution in [0.3, 0.4) is 0 Å². The van der Waals surface area contributed by atoms with Gasteiger partial charge in [-0.1, -0.05) is 35.5 Å². The lowest BCUT2D eigenvalue weighted by Crippen LogP contribution is -2.20. The molecule has 8 heteroatoms. The monoisotopic (exact) mass is 414 g/mol. The first kappa shape index (κ1) is 18.7. The van der Waals surface area contributed by atoms with E-state index in [0.29, 0.717) is 15.7 Å². The third-order valence-corrected chi connectivity index (χ3v) is 5.66. The zero-order chi connectivity index (χ0) is 19.8. The van der Waals surface area contributed by atoms with Crippen molar-refractivity contribution in [2.45, 2.75) is 24.8 Å². The first-order valence-electron chi connectivity index (χ1n) is 8.55. The predicted molar refractivity (Wildman–Crippen MR) is 109 cm³/mol. The second kappa shape index (κ2) is 7.41.